The summed E-state index contributed by atoms with van der Waals surface area (Å²) in [5, 5.41) is 0. The number of phosphoric acid groups is 1. The lowest BCUT2D eigenvalue weighted by Crippen LogP contribution is -2.37. The number of rotatable bonds is 50. The van der Waals surface area contributed by atoms with Crippen LogP contribution in [0.3, 0.4) is 0 Å². The van der Waals surface area contributed by atoms with Gasteiger partial charge in [0.1, 0.15) is 19.3 Å². The molecule has 2 atom stereocenters. The minimum atomic E-state index is -4.54. The lowest BCUT2D eigenvalue weighted by atomic mass is 10.1. The van der Waals surface area contributed by atoms with Crippen molar-refractivity contribution in [3.8, 4) is 0 Å². The predicted octanol–water partition coefficient (Wildman–Crippen LogP) is 16.5. The molecule has 0 aliphatic heterocycles. The zero-order chi connectivity index (χ0) is 49.0. The van der Waals surface area contributed by atoms with E-state index in [-0.39, 0.29) is 25.8 Å². The Kier molecular flexibility index (Phi) is 48.3. The highest BCUT2D eigenvalue weighted by molar-refractivity contribution is 7.45. The van der Waals surface area contributed by atoms with E-state index in [0.29, 0.717) is 24.1 Å². The summed E-state index contributed by atoms with van der Waals surface area (Å²) >= 11 is 0. The summed E-state index contributed by atoms with van der Waals surface area (Å²) in [6, 6.07) is 0. The van der Waals surface area contributed by atoms with Crippen LogP contribution < -0.4 is 4.89 Å². The van der Waals surface area contributed by atoms with Crippen LogP contribution in [0.5, 0.6) is 0 Å². The minimum absolute atomic E-state index is 0.0190. The third-order valence-corrected chi connectivity index (χ3v) is 12.4. The van der Waals surface area contributed by atoms with E-state index in [1.165, 1.54) is 116 Å². The van der Waals surface area contributed by atoms with Crippen molar-refractivity contribution in [3.05, 3.63) is 85.1 Å². The predicted molar refractivity (Wildman–Crippen MR) is 286 cm³/mol. The molecule has 9 heteroatoms. The van der Waals surface area contributed by atoms with Crippen LogP contribution >= 0.6 is 7.82 Å². The number of likely N-dealkylation sites (N-methyl/N-ethyl adjacent to an activating group) is 1. The van der Waals surface area contributed by atoms with E-state index in [1.807, 2.05) is 21.1 Å². The summed E-state index contributed by atoms with van der Waals surface area (Å²) in [6.07, 6.45) is 67.5. The number of esters is 1. The zero-order valence-electron chi connectivity index (χ0n) is 44.1. The van der Waals surface area contributed by atoms with Crippen molar-refractivity contribution in [1.29, 1.82) is 0 Å². The van der Waals surface area contributed by atoms with Gasteiger partial charge >= 0.3 is 5.97 Å². The number of allylic oxidation sites excluding steroid dienone is 14. The molecule has 0 bridgehead atoms. The summed E-state index contributed by atoms with van der Waals surface area (Å²) in [4.78, 5) is 25.2. The molecule has 0 radical (unpaired) electrons. The van der Waals surface area contributed by atoms with Crippen LogP contribution in [0.15, 0.2) is 85.1 Å². The Balaban J connectivity index is 4.16. The number of carbonyl (C=O) groups excluding carboxylic acids is 1. The van der Waals surface area contributed by atoms with E-state index < -0.39 is 13.9 Å². The normalized spacial score (nSPS) is 14.2. The van der Waals surface area contributed by atoms with Gasteiger partial charge in [-0.1, -0.05) is 208 Å². The molecular formula is C58H104NO7P. The molecule has 2 unspecified atom stereocenters. The molecule has 0 saturated carbocycles. The molecule has 388 valence electrons. The first-order valence-electron chi connectivity index (χ1n) is 27.3. The Morgan fingerprint density at radius 3 is 1.30 bits per heavy atom. The van der Waals surface area contributed by atoms with Crippen molar-refractivity contribution < 1.29 is 37.3 Å². The molecule has 0 fully saturated rings. The first-order chi connectivity index (χ1) is 32.6. The average Bonchev–Trinajstić information content (AvgIpc) is 3.29. The fraction of sp³-hybridized carbons (Fsp3) is 0.741. The van der Waals surface area contributed by atoms with Gasteiger partial charge in [0.2, 0.25) is 0 Å². The molecule has 0 rings (SSSR count). The molecule has 0 heterocycles. The average molecular weight is 958 g/mol. The lowest BCUT2D eigenvalue weighted by Gasteiger charge is -2.28. The topological polar surface area (TPSA) is 94.1 Å². The summed E-state index contributed by atoms with van der Waals surface area (Å²) in [5.74, 6) is -0.347. The monoisotopic (exact) mass is 958 g/mol. The van der Waals surface area contributed by atoms with Gasteiger partial charge in [-0.2, -0.15) is 0 Å². The molecule has 8 nitrogen and oxygen atoms in total. The molecule has 0 aromatic carbocycles. The Labute approximate surface area is 414 Å². The Morgan fingerprint density at radius 2 is 0.866 bits per heavy atom. The smallest absolute Gasteiger partial charge is 0.306 e. The van der Waals surface area contributed by atoms with Crippen molar-refractivity contribution in [3.63, 3.8) is 0 Å². The quantitative estimate of drug-likeness (QED) is 0.0197. The molecule has 0 saturated heterocycles. The number of ether oxygens (including phenoxy) is 2. The number of quaternary nitrogens is 1. The third-order valence-electron chi connectivity index (χ3n) is 11.4. The molecule has 0 aliphatic rings. The van der Waals surface area contributed by atoms with Crippen LogP contribution in [-0.4, -0.2) is 70.7 Å². The zero-order valence-corrected chi connectivity index (χ0v) is 45.0. The molecule has 0 aromatic heterocycles. The lowest BCUT2D eigenvalue weighted by molar-refractivity contribution is -0.870. The standard InChI is InChI=1S/C58H104NO7P/c1-6-8-10-12-14-16-18-20-22-24-26-28-30-31-33-35-37-39-41-43-45-47-49-51-58(60)66-57(56-65-67(61,62)64-54-52-59(3,4)5)55-63-53-50-48-46-44-42-40-38-36-34-32-29-27-25-23-21-19-17-15-13-11-9-7-2/h8,10,14,16,19-22,25-28,31,33,57H,6-7,9,11-13,15,17-18,23-24,29-30,32,34-56H2,1-5H3/b10-8-,16-14-,21-19-,22-20-,27-25-,28-26-,33-31-. The first kappa shape index (κ1) is 64.7. The second kappa shape index (κ2) is 50.1. The van der Waals surface area contributed by atoms with E-state index in [1.54, 1.807) is 0 Å². The fourth-order valence-electron chi connectivity index (χ4n) is 7.25. The Bertz CT molecular complexity index is 1340. The van der Waals surface area contributed by atoms with Crippen LogP contribution in [0.4, 0.5) is 0 Å². The number of carbonyl (C=O) groups is 1. The van der Waals surface area contributed by atoms with E-state index in [4.69, 9.17) is 18.5 Å². The third kappa shape index (κ3) is 54.5. The number of nitrogens with zero attached hydrogens (tertiary/aromatic N) is 1. The highest BCUT2D eigenvalue weighted by Crippen LogP contribution is 2.38. The van der Waals surface area contributed by atoms with Gasteiger partial charge in [-0.15, -0.1) is 0 Å². The van der Waals surface area contributed by atoms with Crippen LogP contribution in [0.2, 0.25) is 0 Å². The molecule has 0 amide bonds. The summed E-state index contributed by atoms with van der Waals surface area (Å²) in [6.45, 7) is 5.27. The van der Waals surface area contributed by atoms with Crippen molar-refractivity contribution in [2.45, 2.75) is 225 Å². The summed E-state index contributed by atoms with van der Waals surface area (Å²) in [5.41, 5.74) is 0. The maximum absolute atomic E-state index is 12.8. The fourth-order valence-corrected chi connectivity index (χ4v) is 7.98. The van der Waals surface area contributed by atoms with Crippen LogP contribution in [0.1, 0.15) is 219 Å². The second-order valence-corrected chi connectivity index (χ2v) is 20.6. The van der Waals surface area contributed by atoms with Gasteiger partial charge in [0.15, 0.2) is 0 Å². The molecule has 67 heavy (non-hydrogen) atoms. The largest absolute Gasteiger partial charge is 0.756 e. The minimum Gasteiger partial charge on any atom is -0.756 e. The van der Waals surface area contributed by atoms with Crippen molar-refractivity contribution in [2.75, 3.05) is 54.1 Å². The highest BCUT2D eigenvalue weighted by atomic mass is 31.2. The van der Waals surface area contributed by atoms with E-state index in [2.05, 4.69) is 98.9 Å². The number of hydrogen-bond acceptors (Lipinski definition) is 7. The SMILES string of the molecule is CC/C=C\C/C=C\C/C=C\C/C=C\C/C=C\CCCCCCCCCC(=O)OC(COCCCCCCCCCCCC/C=C\C/C=C\CCCCCCC)COP(=O)([O-])OCC[N+](C)(C)C. The van der Waals surface area contributed by atoms with Crippen molar-refractivity contribution in [2.24, 2.45) is 0 Å². The van der Waals surface area contributed by atoms with Gasteiger partial charge in [-0.3, -0.25) is 9.36 Å². The number of unbranched alkanes of at least 4 members (excludes halogenated alkanes) is 22. The van der Waals surface area contributed by atoms with E-state index >= 15 is 0 Å². The van der Waals surface area contributed by atoms with Gasteiger partial charge in [-0.25, -0.2) is 0 Å². The first-order valence-corrected chi connectivity index (χ1v) is 28.8. The second-order valence-electron chi connectivity index (χ2n) is 19.2. The van der Waals surface area contributed by atoms with Crippen LogP contribution in [0.25, 0.3) is 0 Å². The molecular weight excluding hydrogens is 854 g/mol. The summed E-state index contributed by atoms with van der Waals surface area (Å²) in [7, 11) is 1.34. The van der Waals surface area contributed by atoms with Gasteiger partial charge in [0.25, 0.3) is 7.82 Å². The molecule has 0 spiro atoms. The maximum atomic E-state index is 12.8. The number of hydrogen-bond donors (Lipinski definition) is 0. The van der Waals surface area contributed by atoms with Gasteiger partial charge in [0, 0.05) is 13.0 Å². The maximum Gasteiger partial charge on any atom is 0.306 e. The number of phosphoric ester groups is 1. The van der Waals surface area contributed by atoms with Crippen molar-refractivity contribution >= 4 is 13.8 Å². The molecule has 0 N–H and O–H groups in total. The Hall–Kier alpha value is -2.32. The van der Waals surface area contributed by atoms with E-state index in [9.17, 15) is 14.3 Å². The molecule has 0 aliphatic carbocycles. The van der Waals surface area contributed by atoms with Crippen LogP contribution in [-0.2, 0) is 27.9 Å². The van der Waals surface area contributed by atoms with Gasteiger partial charge in [0.05, 0.1) is 34.4 Å². The van der Waals surface area contributed by atoms with Gasteiger partial charge < -0.3 is 27.9 Å². The molecule has 0 aromatic rings. The van der Waals surface area contributed by atoms with Crippen molar-refractivity contribution in [1.82, 2.24) is 0 Å². The Morgan fingerprint density at radius 1 is 0.478 bits per heavy atom. The summed E-state index contributed by atoms with van der Waals surface area (Å²) < 4.78 is 34.8. The van der Waals surface area contributed by atoms with Gasteiger partial charge in [-0.05, 0) is 89.9 Å². The van der Waals surface area contributed by atoms with Crippen LogP contribution in [0, 0.1) is 0 Å². The van der Waals surface area contributed by atoms with E-state index in [0.717, 1.165) is 83.5 Å². The highest BCUT2D eigenvalue weighted by Gasteiger charge is 2.20.